The highest BCUT2D eigenvalue weighted by atomic mass is 35.5. The molecule has 1 aliphatic rings. The van der Waals surface area contributed by atoms with Gasteiger partial charge >= 0.3 is 0 Å². The number of carbonyl (C=O) groups is 2. The van der Waals surface area contributed by atoms with Crippen molar-refractivity contribution in [3.8, 4) is 5.75 Å². The summed E-state index contributed by atoms with van der Waals surface area (Å²) < 4.78 is 0. The zero-order valence-electron chi connectivity index (χ0n) is 9.61. The molecule has 0 radical (unpaired) electrons. The topological polar surface area (TPSA) is 80.4 Å². The lowest BCUT2D eigenvalue weighted by molar-refractivity contribution is 0.0977. The summed E-state index contributed by atoms with van der Waals surface area (Å²) in [4.78, 5) is 24.6. The fourth-order valence-electron chi connectivity index (χ4n) is 2.23. The van der Waals surface area contributed by atoms with Gasteiger partial charge in [0.2, 0.25) is 0 Å². The van der Waals surface area contributed by atoms with Crippen LogP contribution in [0.25, 0.3) is 0 Å². The molecule has 0 fully saturated rings. The number of phenols is 1. The third kappa shape index (κ3) is 1.47. The van der Waals surface area contributed by atoms with Gasteiger partial charge in [0, 0.05) is 16.7 Å². The number of carbonyl (C=O) groups excluding carboxylic acids is 2. The van der Waals surface area contributed by atoms with E-state index in [-0.39, 0.29) is 33.2 Å². The lowest BCUT2D eigenvalue weighted by atomic mass is 9.83. The number of phenolic OH excluding ortho intramolecular Hbond substituents is 1. The van der Waals surface area contributed by atoms with Crippen LogP contribution in [0.15, 0.2) is 30.3 Å². The second kappa shape index (κ2) is 3.83. The fourth-order valence-corrected chi connectivity index (χ4v) is 2.38. The van der Waals surface area contributed by atoms with Crippen LogP contribution in [0.4, 0.5) is 5.69 Å². The molecule has 2 aromatic rings. The minimum absolute atomic E-state index is 0.0680. The molecule has 1 aliphatic carbocycles. The van der Waals surface area contributed by atoms with Crippen LogP contribution in [0.5, 0.6) is 5.75 Å². The molecule has 0 aliphatic heterocycles. The summed E-state index contributed by atoms with van der Waals surface area (Å²) in [5.74, 6) is -1.21. The molecule has 0 bridgehead atoms. The van der Waals surface area contributed by atoms with Crippen molar-refractivity contribution in [1.29, 1.82) is 0 Å². The second-order valence-electron chi connectivity index (χ2n) is 4.25. The van der Waals surface area contributed by atoms with Gasteiger partial charge in [0.1, 0.15) is 10.8 Å². The number of anilines is 1. The van der Waals surface area contributed by atoms with Crippen molar-refractivity contribution < 1.29 is 14.7 Å². The summed E-state index contributed by atoms with van der Waals surface area (Å²) in [6.07, 6.45) is 0. The van der Waals surface area contributed by atoms with E-state index in [9.17, 15) is 14.7 Å². The van der Waals surface area contributed by atoms with Crippen LogP contribution >= 0.6 is 11.6 Å². The van der Waals surface area contributed by atoms with Gasteiger partial charge in [-0.25, -0.2) is 0 Å². The van der Waals surface area contributed by atoms with Crippen molar-refractivity contribution in [2.45, 2.75) is 0 Å². The predicted octanol–water partition coefficient (Wildman–Crippen LogP) is 2.40. The summed E-state index contributed by atoms with van der Waals surface area (Å²) in [6, 6.07) is 7.77. The predicted molar refractivity (Wildman–Crippen MR) is 70.8 cm³/mol. The zero-order chi connectivity index (χ0) is 13.7. The number of hydrogen-bond donors (Lipinski definition) is 2. The zero-order valence-corrected chi connectivity index (χ0v) is 10.4. The quantitative estimate of drug-likeness (QED) is 0.616. The smallest absolute Gasteiger partial charge is 0.198 e. The second-order valence-corrected chi connectivity index (χ2v) is 4.63. The number of halogens is 1. The van der Waals surface area contributed by atoms with Crippen LogP contribution in [0.1, 0.15) is 31.8 Å². The number of aromatic hydroxyl groups is 1. The molecule has 4 nitrogen and oxygen atoms in total. The summed E-state index contributed by atoms with van der Waals surface area (Å²) in [5, 5.41) is 9.84. The van der Waals surface area contributed by atoms with Gasteiger partial charge in [-0.1, -0.05) is 35.9 Å². The number of rotatable bonds is 0. The first-order valence-electron chi connectivity index (χ1n) is 5.51. The number of hydrogen-bond acceptors (Lipinski definition) is 4. The first kappa shape index (κ1) is 11.7. The highest BCUT2D eigenvalue weighted by Gasteiger charge is 2.33. The average molecular weight is 274 g/mol. The highest BCUT2D eigenvalue weighted by Crippen LogP contribution is 2.40. The van der Waals surface area contributed by atoms with E-state index in [0.29, 0.717) is 5.56 Å². The van der Waals surface area contributed by atoms with E-state index in [4.69, 9.17) is 17.3 Å². The molecule has 5 heteroatoms. The molecule has 0 aromatic heterocycles. The van der Waals surface area contributed by atoms with Gasteiger partial charge in [-0.15, -0.1) is 0 Å². The van der Waals surface area contributed by atoms with Crippen LogP contribution < -0.4 is 5.73 Å². The molecule has 0 atom stereocenters. The van der Waals surface area contributed by atoms with E-state index in [1.54, 1.807) is 24.3 Å². The van der Waals surface area contributed by atoms with Crippen molar-refractivity contribution in [2.24, 2.45) is 0 Å². The SMILES string of the molecule is Nc1cc2c(c(O)c1Cl)C(=O)c1ccccc1C2=O. The van der Waals surface area contributed by atoms with Crippen LogP contribution in [0, 0.1) is 0 Å². The van der Waals surface area contributed by atoms with E-state index in [1.807, 2.05) is 0 Å². The highest BCUT2D eigenvalue weighted by molar-refractivity contribution is 6.37. The maximum Gasteiger partial charge on any atom is 0.198 e. The maximum atomic E-state index is 12.3. The van der Waals surface area contributed by atoms with Crippen molar-refractivity contribution in [3.63, 3.8) is 0 Å². The van der Waals surface area contributed by atoms with Gasteiger partial charge in [0.05, 0.1) is 11.3 Å². The minimum Gasteiger partial charge on any atom is -0.506 e. The first-order chi connectivity index (χ1) is 9.02. The maximum absolute atomic E-state index is 12.3. The molecule has 0 unspecified atom stereocenters. The Morgan fingerprint density at radius 3 is 2.21 bits per heavy atom. The summed E-state index contributed by atoms with van der Waals surface area (Å²) in [5.41, 5.74) is 6.26. The van der Waals surface area contributed by atoms with Crippen molar-refractivity contribution in [2.75, 3.05) is 5.73 Å². The molecule has 0 amide bonds. The lowest BCUT2D eigenvalue weighted by Gasteiger charge is -2.19. The summed E-state index contributed by atoms with van der Waals surface area (Å²) in [7, 11) is 0. The third-order valence-corrected chi connectivity index (χ3v) is 3.55. The lowest BCUT2D eigenvalue weighted by Crippen LogP contribution is -2.21. The normalized spacial score (nSPS) is 13.1. The molecule has 0 heterocycles. The molecule has 3 N–H and O–H groups in total. The average Bonchev–Trinajstić information content (AvgIpc) is 2.42. The number of nitrogen functional groups attached to an aromatic ring is 1. The Balaban J connectivity index is 2.40. The van der Waals surface area contributed by atoms with Crippen molar-refractivity contribution in [1.82, 2.24) is 0 Å². The molecular formula is C14H8ClNO3. The van der Waals surface area contributed by atoms with Crippen LogP contribution in [-0.2, 0) is 0 Å². The van der Waals surface area contributed by atoms with Crippen LogP contribution in [-0.4, -0.2) is 16.7 Å². The number of ketones is 2. The van der Waals surface area contributed by atoms with Gasteiger partial charge in [0.25, 0.3) is 0 Å². The van der Waals surface area contributed by atoms with Gasteiger partial charge in [-0.3, -0.25) is 9.59 Å². The van der Waals surface area contributed by atoms with Gasteiger partial charge in [0.15, 0.2) is 11.6 Å². The molecule has 0 saturated heterocycles. The number of benzene rings is 2. The van der Waals surface area contributed by atoms with E-state index in [2.05, 4.69) is 0 Å². The standard InChI is InChI=1S/C14H8ClNO3/c15-11-9(16)5-8-10(14(11)19)13(18)7-4-2-1-3-6(7)12(8)17/h1-5,19H,16H2. The molecule has 2 aromatic carbocycles. The van der Waals surface area contributed by atoms with Gasteiger partial charge in [-0.2, -0.15) is 0 Å². The van der Waals surface area contributed by atoms with E-state index < -0.39 is 11.5 Å². The molecule has 94 valence electrons. The van der Waals surface area contributed by atoms with Crippen LogP contribution in [0.3, 0.4) is 0 Å². The Morgan fingerprint density at radius 1 is 1.00 bits per heavy atom. The molecular weight excluding hydrogens is 266 g/mol. The van der Waals surface area contributed by atoms with E-state index >= 15 is 0 Å². The van der Waals surface area contributed by atoms with Crippen LogP contribution in [0.2, 0.25) is 5.02 Å². The Labute approximate surface area is 113 Å². The van der Waals surface area contributed by atoms with Crippen molar-refractivity contribution in [3.05, 3.63) is 57.6 Å². The molecule has 0 saturated carbocycles. The molecule has 19 heavy (non-hydrogen) atoms. The fraction of sp³-hybridized carbons (Fsp3) is 0. The molecule has 0 spiro atoms. The summed E-state index contributed by atoms with van der Waals surface area (Å²) >= 11 is 5.82. The number of nitrogens with two attached hydrogens (primary N) is 1. The Bertz CT molecular complexity index is 753. The third-order valence-electron chi connectivity index (χ3n) is 3.16. The first-order valence-corrected chi connectivity index (χ1v) is 5.89. The largest absolute Gasteiger partial charge is 0.506 e. The Kier molecular flexibility index (Phi) is 2.37. The number of fused-ring (bicyclic) bond motifs is 2. The minimum atomic E-state index is -0.440. The summed E-state index contributed by atoms with van der Waals surface area (Å²) in [6.45, 7) is 0. The Hall–Kier alpha value is -2.33. The van der Waals surface area contributed by atoms with Gasteiger partial charge < -0.3 is 10.8 Å². The van der Waals surface area contributed by atoms with E-state index in [0.717, 1.165) is 0 Å². The van der Waals surface area contributed by atoms with Crippen molar-refractivity contribution >= 4 is 28.9 Å². The monoisotopic (exact) mass is 273 g/mol. The molecule has 3 rings (SSSR count). The van der Waals surface area contributed by atoms with Gasteiger partial charge in [-0.05, 0) is 6.07 Å². The van der Waals surface area contributed by atoms with E-state index in [1.165, 1.54) is 6.07 Å². The Morgan fingerprint density at radius 2 is 1.58 bits per heavy atom.